The summed E-state index contributed by atoms with van der Waals surface area (Å²) in [6.07, 6.45) is 0.281. The summed E-state index contributed by atoms with van der Waals surface area (Å²) in [6.45, 7) is 10.3. The van der Waals surface area contributed by atoms with Gasteiger partial charge in [0.2, 0.25) is 11.8 Å². The molecule has 0 atom stereocenters. The monoisotopic (exact) mass is 290 g/mol. The van der Waals surface area contributed by atoms with Crippen molar-refractivity contribution in [2.75, 3.05) is 11.9 Å². The highest BCUT2D eigenvalue weighted by molar-refractivity contribution is 5.93. The molecule has 0 aliphatic rings. The Bertz CT molecular complexity index is 481. The van der Waals surface area contributed by atoms with E-state index in [9.17, 15) is 9.59 Å². The van der Waals surface area contributed by atoms with E-state index < -0.39 is 0 Å². The molecule has 0 aromatic heterocycles. The second-order valence-electron chi connectivity index (χ2n) is 5.90. The number of anilines is 1. The van der Waals surface area contributed by atoms with Crippen LogP contribution in [0.1, 0.15) is 64.0 Å². The van der Waals surface area contributed by atoms with Crippen LogP contribution in [0, 0.1) is 0 Å². The molecule has 21 heavy (non-hydrogen) atoms. The molecule has 1 aromatic rings. The minimum atomic E-state index is -0.117. The van der Waals surface area contributed by atoms with E-state index in [1.165, 1.54) is 6.92 Å². The molecule has 116 valence electrons. The van der Waals surface area contributed by atoms with Crippen LogP contribution in [0.15, 0.2) is 18.2 Å². The van der Waals surface area contributed by atoms with Crippen molar-refractivity contribution in [1.29, 1.82) is 0 Å². The molecule has 0 unspecified atom stereocenters. The van der Waals surface area contributed by atoms with Gasteiger partial charge in [-0.05, 0) is 23.0 Å². The van der Waals surface area contributed by atoms with Gasteiger partial charge in [-0.25, -0.2) is 0 Å². The third-order valence-corrected chi connectivity index (χ3v) is 3.36. The molecule has 0 aliphatic heterocycles. The van der Waals surface area contributed by atoms with E-state index in [4.69, 9.17) is 0 Å². The summed E-state index contributed by atoms with van der Waals surface area (Å²) in [4.78, 5) is 22.9. The maximum absolute atomic E-state index is 12.1. The summed E-state index contributed by atoms with van der Waals surface area (Å²) < 4.78 is 0. The fourth-order valence-electron chi connectivity index (χ4n) is 2.25. The van der Waals surface area contributed by atoms with Crippen molar-refractivity contribution in [3.63, 3.8) is 0 Å². The normalized spacial score (nSPS) is 10.8. The fourth-order valence-corrected chi connectivity index (χ4v) is 2.25. The molecular formula is C17H26N2O2. The minimum Gasteiger partial charge on any atom is -0.356 e. The average molecular weight is 290 g/mol. The molecule has 0 spiro atoms. The zero-order valence-corrected chi connectivity index (χ0v) is 13.6. The molecule has 1 rings (SSSR count). The molecule has 0 radical (unpaired) electrons. The van der Waals surface area contributed by atoms with Gasteiger partial charge in [-0.15, -0.1) is 0 Å². The number of para-hydroxylation sites is 1. The second-order valence-corrected chi connectivity index (χ2v) is 5.90. The first-order valence-electron chi connectivity index (χ1n) is 7.50. The molecule has 0 bridgehead atoms. The maximum Gasteiger partial charge on any atom is 0.226 e. The van der Waals surface area contributed by atoms with Gasteiger partial charge in [0.1, 0.15) is 0 Å². The van der Waals surface area contributed by atoms with Gasteiger partial charge in [0, 0.05) is 25.6 Å². The number of hydrogen-bond acceptors (Lipinski definition) is 2. The van der Waals surface area contributed by atoms with E-state index in [0.717, 1.165) is 16.8 Å². The molecule has 4 nitrogen and oxygen atoms in total. The smallest absolute Gasteiger partial charge is 0.226 e. The Morgan fingerprint density at radius 1 is 1.05 bits per heavy atom. The van der Waals surface area contributed by atoms with Crippen LogP contribution in [-0.4, -0.2) is 18.4 Å². The topological polar surface area (TPSA) is 58.2 Å². The third-order valence-electron chi connectivity index (χ3n) is 3.36. The lowest BCUT2D eigenvalue weighted by molar-refractivity contribution is -0.119. The minimum absolute atomic E-state index is 0.0706. The van der Waals surface area contributed by atoms with Gasteiger partial charge in [-0.1, -0.05) is 45.9 Å². The second kappa shape index (κ2) is 7.81. The molecule has 0 saturated carbocycles. The maximum atomic E-state index is 12.1. The van der Waals surface area contributed by atoms with Gasteiger partial charge in [-0.3, -0.25) is 9.59 Å². The Balaban J connectivity index is 2.89. The molecule has 0 heterocycles. The van der Waals surface area contributed by atoms with Crippen molar-refractivity contribution < 1.29 is 9.59 Å². The molecule has 4 heteroatoms. The van der Waals surface area contributed by atoms with Gasteiger partial charge < -0.3 is 10.6 Å². The number of nitrogens with one attached hydrogen (secondary N) is 2. The molecule has 0 aliphatic carbocycles. The number of carbonyl (C=O) groups is 2. The van der Waals surface area contributed by atoms with Crippen LogP contribution >= 0.6 is 0 Å². The molecule has 0 fully saturated rings. The Morgan fingerprint density at radius 2 is 1.57 bits per heavy atom. The van der Waals surface area contributed by atoms with E-state index in [1.807, 2.05) is 6.07 Å². The highest BCUT2D eigenvalue weighted by Crippen LogP contribution is 2.32. The third kappa shape index (κ3) is 5.21. The van der Waals surface area contributed by atoms with Crippen LogP contribution in [0.3, 0.4) is 0 Å². The first kappa shape index (κ1) is 17.2. The molecule has 0 saturated heterocycles. The SMILES string of the molecule is CC(=O)NCCC(=O)Nc1c(C(C)C)cccc1C(C)C. The first-order valence-corrected chi connectivity index (χ1v) is 7.50. The van der Waals surface area contributed by atoms with Crippen molar-refractivity contribution in [2.24, 2.45) is 0 Å². The highest BCUT2D eigenvalue weighted by atomic mass is 16.2. The Labute approximate surface area is 127 Å². The largest absolute Gasteiger partial charge is 0.356 e. The first-order chi connectivity index (χ1) is 9.82. The molecular weight excluding hydrogens is 264 g/mol. The Kier molecular flexibility index (Phi) is 6.40. The summed E-state index contributed by atoms with van der Waals surface area (Å²) in [5.41, 5.74) is 3.22. The van der Waals surface area contributed by atoms with Crippen molar-refractivity contribution in [2.45, 2.75) is 52.9 Å². The van der Waals surface area contributed by atoms with E-state index in [0.29, 0.717) is 18.4 Å². The molecule has 2 N–H and O–H groups in total. The van der Waals surface area contributed by atoms with Crippen LogP contribution in [0.5, 0.6) is 0 Å². The number of amides is 2. The zero-order chi connectivity index (χ0) is 16.0. The van der Waals surface area contributed by atoms with E-state index in [1.54, 1.807) is 0 Å². The van der Waals surface area contributed by atoms with E-state index >= 15 is 0 Å². The quantitative estimate of drug-likeness (QED) is 0.843. The standard InChI is InChI=1S/C17H26N2O2/c1-11(2)14-7-6-8-15(12(3)4)17(14)19-16(21)9-10-18-13(5)20/h6-8,11-12H,9-10H2,1-5H3,(H,18,20)(H,19,21). The van der Waals surface area contributed by atoms with Gasteiger partial charge >= 0.3 is 0 Å². The van der Waals surface area contributed by atoms with Crippen molar-refractivity contribution in [3.8, 4) is 0 Å². The average Bonchev–Trinajstić information content (AvgIpc) is 2.37. The summed E-state index contributed by atoms with van der Waals surface area (Å²) in [6, 6.07) is 6.15. The summed E-state index contributed by atoms with van der Waals surface area (Å²) >= 11 is 0. The van der Waals surface area contributed by atoms with Gasteiger partial charge in [-0.2, -0.15) is 0 Å². The van der Waals surface area contributed by atoms with E-state index in [-0.39, 0.29) is 18.2 Å². The predicted octanol–water partition coefficient (Wildman–Crippen LogP) is 3.40. The highest BCUT2D eigenvalue weighted by Gasteiger charge is 2.15. The van der Waals surface area contributed by atoms with Crippen molar-refractivity contribution in [1.82, 2.24) is 5.32 Å². The predicted molar refractivity (Wildman–Crippen MR) is 86.6 cm³/mol. The van der Waals surface area contributed by atoms with Crippen LogP contribution in [0.25, 0.3) is 0 Å². The Morgan fingerprint density at radius 3 is 2.00 bits per heavy atom. The van der Waals surface area contributed by atoms with Gasteiger partial charge in [0.15, 0.2) is 0 Å². The van der Waals surface area contributed by atoms with Gasteiger partial charge in [0.25, 0.3) is 0 Å². The molecule has 2 amide bonds. The van der Waals surface area contributed by atoms with Crippen LogP contribution in [0.2, 0.25) is 0 Å². The number of carbonyl (C=O) groups excluding carboxylic acids is 2. The lowest BCUT2D eigenvalue weighted by Crippen LogP contribution is -2.25. The van der Waals surface area contributed by atoms with Crippen LogP contribution in [0.4, 0.5) is 5.69 Å². The lowest BCUT2D eigenvalue weighted by atomic mass is 9.92. The van der Waals surface area contributed by atoms with Crippen LogP contribution in [-0.2, 0) is 9.59 Å². The fraction of sp³-hybridized carbons (Fsp3) is 0.529. The van der Waals surface area contributed by atoms with Crippen molar-refractivity contribution >= 4 is 17.5 Å². The lowest BCUT2D eigenvalue weighted by Gasteiger charge is -2.20. The number of rotatable bonds is 6. The van der Waals surface area contributed by atoms with Gasteiger partial charge in [0.05, 0.1) is 0 Å². The van der Waals surface area contributed by atoms with Crippen molar-refractivity contribution in [3.05, 3.63) is 29.3 Å². The number of hydrogen-bond donors (Lipinski definition) is 2. The molecule has 1 aromatic carbocycles. The summed E-state index contributed by atoms with van der Waals surface area (Å²) in [5, 5.41) is 5.66. The Hall–Kier alpha value is -1.84. The number of benzene rings is 1. The summed E-state index contributed by atoms with van der Waals surface area (Å²) in [5.74, 6) is 0.496. The van der Waals surface area contributed by atoms with E-state index in [2.05, 4.69) is 50.5 Å². The zero-order valence-electron chi connectivity index (χ0n) is 13.6. The van der Waals surface area contributed by atoms with Crippen LogP contribution < -0.4 is 10.6 Å². The summed E-state index contributed by atoms with van der Waals surface area (Å²) in [7, 11) is 0.